The molecule has 2 saturated carbocycles. The van der Waals surface area contributed by atoms with Crippen LogP contribution in [0.5, 0.6) is 0 Å². The molecule has 0 saturated heterocycles. The Bertz CT molecular complexity index is 381. The number of hydrogen-bond acceptors (Lipinski definition) is 3. The normalized spacial score (nSPS) is 40.0. The van der Waals surface area contributed by atoms with Crippen LogP contribution in [0.15, 0.2) is 0 Å². The number of rotatable bonds is 3. The Labute approximate surface area is 96.1 Å². The third-order valence-electron chi connectivity index (χ3n) is 4.74. The lowest BCUT2D eigenvalue weighted by Crippen LogP contribution is -2.56. The summed E-state index contributed by atoms with van der Waals surface area (Å²) in [6, 6.07) is 0. The van der Waals surface area contributed by atoms with Gasteiger partial charge < -0.3 is 0 Å². The summed E-state index contributed by atoms with van der Waals surface area (Å²) in [5.41, 5.74) is -0.982. The first-order chi connectivity index (χ1) is 7.25. The van der Waals surface area contributed by atoms with Gasteiger partial charge in [-0.1, -0.05) is 13.8 Å². The van der Waals surface area contributed by atoms with Crippen molar-refractivity contribution >= 4 is 16.3 Å². The maximum atomic E-state index is 12.0. The van der Waals surface area contributed by atoms with Crippen LogP contribution in [0, 0.1) is 16.7 Å². The topological polar surface area (TPSA) is 90.9 Å². The van der Waals surface area contributed by atoms with E-state index in [2.05, 4.69) is 10.2 Å². The minimum atomic E-state index is -3.68. The highest BCUT2D eigenvalue weighted by atomic mass is 32.3. The largest absolute Gasteiger partial charge is 0.449 e. The van der Waals surface area contributed by atoms with Crippen molar-refractivity contribution in [1.82, 2.24) is 0 Å². The summed E-state index contributed by atoms with van der Waals surface area (Å²) in [6.07, 6.45) is 2.11. The average Bonchev–Trinajstić information content (AvgIpc) is 2.51. The second-order valence-electron chi connectivity index (χ2n) is 5.49. The van der Waals surface area contributed by atoms with Crippen molar-refractivity contribution in [2.45, 2.75) is 33.1 Å². The Balaban J connectivity index is 2.36. The molecule has 5 nitrogen and oxygen atoms in total. The van der Waals surface area contributed by atoms with Crippen LogP contribution in [0.3, 0.4) is 0 Å². The summed E-state index contributed by atoms with van der Waals surface area (Å²) in [5, 5.41) is 0. The van der Waals surface area contributed by atoms with E-state index in [4.69, 9.17) is 0 Å². The van der Waals surface area contributed by atoms with Gasteiger partial charge in [-0.15, -0.1) is 0 Å². The first-order valence-corrected chi connectivity index (χ1v) is 7.02. The molecule has 1 radical (unpaired) electrons. The van der Waals surface area contributed by atoms with Gasteiger partial charge >= 0.3 is 10.5 Å². The summed E-state index contributed by atoms with van der Waals surface area (Å²) < 4.78 is 27.3. The van der Waals surface area contributed by atoms with Gasteiger partial charge in [0.1, 0.15) is 5.78 Å². The van der Waals surface area contributed by atoms with Crippen molar-refractivity contribution in [1.29, 1.82) is 0 Å². The van der Waals surface area contributed by atoms with Crippen LogP contribution in [0.1, 0.15) is 33.1 Å². The molecule has 2 fully saturated rings. The molecule has 0 aromatic heterocycles. The summed E-state index contributed by atoms with van der Waals surface area (Å²) in [7, 11) is -3.68. The SMILES string of the molecule is CC1(C)[C@@H]2CC[C@@]1(C[S+]([O])(=O)O[NH3+])C(=O)C2. The molecule has 2 rings (SSSR count). The van der Waals surface area contributed by atoms with Gasteiger partial charge in [-0.05, 0) is 28.4 Å². The fraction of sp³-hybridized carbons (Fsp3) is 0.900. The molecule has 0 aromatic carbocycles. The van der Waals surface area contributed by atoms with E-state index in [0.717, 1.165) is 6.42 Å². The molecule has 0 amide bonds. The van der Waals surface area contributed by atoms with Gasteiger partial charge in [0.05, 0.1) is 9.97 Å². The Morgan fingerprint density at radius 1 is 1.56 bits per heavy atom. The van der Waals surface area contributed by atoms with Crippen LogP contribution in [0.4, 0.5) is 0 Å². The van der Waals surface area contributed by atoms with E-state index in [1.807, 2.05) is 13.8 Å². The highest BCUT2D eigenvalue weighted by Crippen LogP contribution is 2.64. The Hall–Kier alpha value is -0.300. The number of hydrogen-bond donors (Lipinski definition) is 1. The van der Waals surface area contributed by atoms with Gasteiger partial charge in [-0.3, -0.25) is 4.79 Å². The third kappa shape index (κ3) is 1.40. The molecule has 1 unspecified atom stereocenters. The molecule has 3 atom stereocenters. The van der Waals surface area contributed by atoms with Crippen LogP contribution in [-0.4, -0.2) is 11.5 Å². The number of quaternary nitrogens is 1. The van der Waals surface area contributed by atoms with Gasteiger partial charge in [0.2, 0.25) is 0 Å². The van der Waals surface area contributed by atoms with Gasteiger partial charge in [0.15, 0.2) is 5.75 Å². The molecule has 3 N–H and O–H groups in total. The first kappa shape index (κ1) is 12.2. The smallest absolute Gasteiger partial charge is 0.299 e. The second-order valence-corrected chi connectivity index (χ2v) is 7.13. The molecular formula is C10H18NO4S+2. The molecule has 0 aromatic rings. The fourth-order valence-electron chi connectivity index (χ4n) is 3.45. The molecule has 2 bridgehead atoms. The van der Waals surface area contributed by atoms with Crippen molar-refractivity contribution in [3.05, 3.63) is 0 Å². The number of carbonyl (C=O) groups excluding carboxylic acids is 1. The van der Waals surface area contributed by atoms with E-state index in [1.54, 1.807) is 0 Å². The molecule has 2 aliphatic carbocycles. The Morgan fingerprint density at radius 3 is 2.56 bits per heavy atom. The maximum Gasteiger partial charge on any atom is 0.449 e. The Morgan fingerprint density at radius 2 is 2.19 bits per heavy atom. The van der Waals surface area contributed by atoms with Crippen LogP contribution in [0.25, 0.3) is 0 Å². The average molecular weight is 248 g/mol. The van der Waals surface area contributed by atoms with Crippen LogP contribution >= 0.6 is 0 Å². The summed E-state index contributed by atoms with van der Waals surface area (Å²) in [4.78, 5) is 12.0. The van der Waals surface area contributed by atoms with Crippen molar-refractivity contribution in [2.24, 2.45) is 16.7 Å². The lowest BCUT2D eigenvalue weighted by Gasteiger charge is -2.33. The van der Waals surface area contributed by atoms with Crippen molar-refractivity contribution in [2.75, 3.05) is 5.75 Å². The quantitative estimate of drug-likeness (QED) is 0.575. The van der Waals surface area contributed by atoms with E-state index < -0.39 is 15.9 Å². The first-order valence-electron chi connectivity index (χ1n) is 5.45. The number of fused-ring (bicyclic) bond motifs is 2. The zero-order valence-corrected chi connectivity index (χ0v) is 10.5. The van der Waals surface area contributed by atoms with Crippen LogP contribution in [0.2, 0.25) is 0 Å². The van der Waals surface area contributed by atoms with Crippen molar-refractivity contribution in [3.63, 3.8) is 0 Å². The zero-order valence-electron chi connectivity index (χ0n) is 9.65. The fourth-order valence-corrected chi connectivity index (χ4v) is 4.82. The molecule has 91 valence electrons. The standard InChI is InChI=1S/C10H18NO4S/c1-9(2)7-3-4-10(9,8(12)5-7)6-16(13,14)15-11/h7H,3-6H2,1-2,11H3/q+2/t7-,10-/m1/s1. The van der Waals surface area contributed by atoms with E-state index in [0.29, 0.717) is 18.8 Å². The Kier molecular flexibility index (Phi) is 2.55. The minimum absolute atomic E-state index is 0.0781. The molecular weight excluding hydrogens is 230 g/mol. The number of carbonyl (C=O) groups is 1. The molecule has 0 heterocycles. The van der Waals surface area contributed by atoms with Gasteiger partial charge in [0.25, 0.3) is 0 Å². The molecule has 16 heavy (non-hydrogen) atoms. The zero-order chi connectivity index (χ0) is 12.2. The predicted octanol–water partition coefficient (Wildman–Crippen LogP) is 0.315. The number of Topliss-reactive ketones (excluding diaryl/α,β-unsaturated/α-hetero) is 1. The van der Waals surface area contributed by atoms with Crippen LogP contribution in [-0.2, 0) is 28.3 Å². The van der Waals surface area contributed by atoms with E-state index in [-0.39, 0.29) is 17.0 Å². The molecule has 2 aliphatic rings. The molecule has 0 spiro atoms. The summed E-state index contributed by atoms with van der Waals surface area (Å²) >= 11 is 0. The maximum absolute atomic E-state index is 12.0. The number of ketones is 1. The van der Waals surface area contributed by atoms with Crippen LogP contribution < -0.4 is 5.90 Å². The van der Waals surface area contributed by atoms with E-state index in [9.17, 15) is 13.6 Å². The summed E-state index contributed by atoms with van der Waals surface area (Å²) in [5.74, 6) is 3.13. The lowest BCUT2D eigenvalue weighted by molar-refractivity contribution is -0.637. The third-order valence-corrected chi connectivity index (χ3v) is 5.95. The highest BCUT2D eigenvalue weighted by molar-refractivity contribution is 7.92. The van der Waals surface area contributed by atoms with E-state index in [1.165, 1.54) is 0 Å². The minimum Gasteiger partial charge on any atom is -0.299 e. The monoisotopic (exact) mass is 248 g/mol. The molecule has 0 aliphatic heterocycles. The van der Waals surface area contributed by atoms with E-state index >= 15 is 0 Å². The van der Waals surface area contributed by atoms with Crippen molar-refractivity contribution in [3.8, 4) is 0 Å². The van der Waals surface area contributed by atoms with Gasteiger partial charge in [-0.2, -0.15) is 5.90 Å². The van der Waals surface area contributed by atoms with Gasteiger partial charge in [0, 0.05) is 10.7 Å². The lowest BCUT2D eigenvalue weighted by atomic mass is 9.70. The molecule has 6 heteroatoms. The predicted molar refractivity (Wildman–Crippen MR) is 56.1 cm³/mol. The summed E-state index contributed by atoms with van der Waals surface area (Å²) in [6.45, 7) is 3.99. The van der Waals surface area contributed by atoms with Gasteiger partial charge in [-0.25, -0.2) is 0 Å². The van der Waals surface area contributed by atoms with Crippen molar-refractivity contribution < 1.29 is 23.7 Å². The highest BCUT2D eigenvalue weighted by Gasteiger charge is 2.69. The second kappa shape index (κ2) is 3.35.